The minimum atomic E-state index is -3.87. The number of aliphatic hydroxyl groups is 1. The zero-order valence-electron chi connectivity index (χ0n) is 10.2. The Kier molecular flexibility index (Phi) is 3.59. The van der Waals surface area contributed by atoms with Crippen LogP contribution in [-0.4, -0.2) is 51.9 Å². The monoisotopic (exact) mass is 306 g/mol. The maximum atomic E-state index is 12.3. The van der Waals surface area contributed by atoms with Gasteiger partial charge in [0.15, 0.2) is 19.7 Å². The van der Waals surface area contributed by atoms with E-state index in [-0.39, 0.29) is 4.90 Å². The summed E-state index contributed by atoms with van der Waals surface area (Å²) in [5.74, 6) is -0.547. The van der Waals surface area contributed by atoms with Gasteiger partial charge in [-0.1, -0.05) is 0 Å². The van der Waals surface area contributed by atoms with E-state index in [0.29, 0.717) is 5.75 Å². The maximum absolute atomic E-state index is 12.3. The van der Waals surface area contributed by atoms with Crippen LogP contribution in [0.1, 0.15) is 0 Å². The molecule has 2 rings (SSSR count). The smallest absolute Gasteiger partial charge is 0.184 e. The van der Waals surface area contributed by atoms with Crippen LogP contribution in [0.25, 0.3) is 0 Å². The predicted octanol–water partition coefficient (Wildman–Crippen LogP) is -0.373. The third kappa shape index (κ3) is 2.75. The molecule has 0 spiro atoms. The van der Waals surface area contributed by atoms with Crippen molar-refractivity contribution in [2.24, 2.45) is 0 Å². The zero-order chi connectivity index (χ0) is 14.3. The summed E-state index contributed by atoms with van der Waals surface area (Å²) in [5.41, 5.74) is 0. The molecule has 1 heterocycles. The minimum absolute atomic E-state index is 0.0190. The van der Waals surface area contributed by atoms with E-state index in [2.05, 4.69) is 0 Å². The Bertz CT molecular complexity index is 660. The lowest BCUT2D eigenvalue weighted by atomic mass is 10.3. The standard InChI is InChI=1S/C11H14O6S2/c1-17-8-2-4-9(5-3-8)19(15,16)11-7-18(13,14)6-10(11)12/h2-5,10-12H,6-7H2,1H3/t10-,11-/m1/s1. The lowest BCUT2D eigenvalue weighted by Crippen LogP contribution is -2.32. The molecule has 19 heavy (non-hydrogen) atoms. The zero-order valence-corrected chi connectivity index (χ0v) is 11.8. The van der Waals surface area contributed by atoms with E-state index in [1.165, 1.54) is 31.4 Å². The second-order valence-electron chi connectivity index (χ2n) is 4.40. The number of aliphatic hydroxyl groups excluding tert-OH is 1. The molecule has 0 radical (unpaired) electrons. The van der Waals surface area contributed by atoms with Crippen LogP contribution >= 0.6 is 0 Å². The number of ether oxygens (including phenoxy) is 1. The van der Waals surface area contributed by atoms with Gasteiger partial charge in [0.2, 0.25) is 0 Å². The third-order valence-electron chi connectivity index (χ3n) is 3.06. The molecule has 1 fully saturated rings. The second-order valence-corrected chi connectivity index (χ2v) is 8.72. The molecule has 1 aromatic carbocycles. The van der Waals surface area contributed by atoms with Gasteiger partial charge in [0.1, 0.15) is 11.0 Å². The number of hydrogen-bond acceptors (Lipinski definition) is 6. The molecular weight excluding hydrogens is 292 g/mol. The fourth-order valence-corrected chi connectivity index (χ4v) is 6.48. The van der Waals surface area contributed by atoms with Crippen molar-refractivity contribution in [1.29, 1.82) is 0 Å². The Balaban J connectivity index is 2.37. The summed E-state index contributed by atoms with van der Waals surface area (Å²) in [6, 6.07) is 5.63. The van der Waals surface area contributed by atoms with Gasteiger partial charge in [-0.05, 0) is 24.3 Å². The van der Waals surface area contributed by atoms with Crippen LogP contribution in [0.2, 0.25) is 0 Å². The largest absolute Gasteiger partial charge is 0.497 e. The van der Waals surface area contributed by atoms with E-state index in [4.69, 9.17) is 4.74 Å². The Labute approximate surface area is 111 Å². The van der Waals surface area contributed by atoms with Gasteiger partial charge in [-0.3, -0.25) is 0 Å². The number of hydrogen-bond donors (Lipinski definition) is 1. The van der Waals surface area contributed by atoms with Gasteiger partial charge in [-0.25, -0.2) is 16.8 Å². The molecule has 0 aromatic heterocycles. The number of sulfone groups is 2. The van der Waals surface area contributed by atoms with Crippen LogP contribution in [-0.2, 0) is 19.7 Å². The molecule has 0 saturated carbocycles. The van der Waals surface area contributed by atoms with Crippen molar-refractivity contribution in [1.82, 2.24) is 0 Å². The molecule has 0 aliphatic carbocycles. The first-order chi connectivity index (χ1) is 8.76. The van der Waals surface area contributed by atoms with E-state index < -0.39 is 42.5 Å². The Morgan fingerprint density at radius 3 is 2.21 bits per heavy atom. The summed E-state index contributed by atoms with van der Waals surface area (Å²) in [5, 5.41) is 8.34. The van der Waals surface area contributed by atoms with Gasteiger partial charge in [-0.15, -0.1) is 0 Å². The van der Waals surface area contributed by atoms with E-state index in [1.54, 1.807) is 0 Å². The minimum Gasteiger partial charge on any atom is -0.497 e. The lowest BCUT2D eigenvalue weighted by molar-refractivity contribution is 0.204. The van der Waals surface area contributed by atoms with Crippen molar-refractivity contribution in [2.75, 3.05) is 18.6 Å². The van der Waals surface area contributed by atoms with Gasteiger partial charge in [0, 0.05) is 0 Å². The van der Waals surface area contributed by atoms with E-state index in [9.17, 15) is 21.9 Å². The van der Waals surface area contributed by atoms with Crippen LogP contribution in [0.15, 0.2) is 29.2 Å². The highest BCUT2D eigenvalue weighted by atomic mass is 32.2. The first-order valence-electron chi connectivity index (χ1n) is 5.53. The second kappa shape index (κ2) is 4.77. The van der Waals surface area contributed by atoms with Crippen LogP contribution in [0.5, 0.6) is 5.75 Å². The summed E-state index contributed by atoms with van der Waals surface area (Å²) >= 11 is 0. The lowest BCUT2D eigenvalue weighted by Gasteiger charge is -2.14. The third-order valence-corrected chi connectivity index (χ3v) is 7.19. The van der Waals surface area contributed by atoms with Gasteiger partial charge in [-0.2, -0.15) is 0 Å². The molecule has 2 atom stereocenters. The van der Waals surface area contributed by atoms with Gasteiger partial charge in [0.05, 0.1) is 29.6 Å². The van der Waals surface area contributed by atoms with Crippen molar-refractivity contribution >= 4 is 19.7 Å². The molecule has 8 heteroatoms. The normalized spacial score (nSPS) is 26.2. The average Bonchev–Trinajstić information content (AvgIpc) is 2.63. The highest BCUT2D eigenvalue weighted by molar-refractivity contribution is 7.96. The predicted molar refractivity (Wildman–Crippen MR) is 68.6 cm³/mol. The highest BCUT2D eigenvalue weighted by Crippen LogP contribution is 2.26. The number of rotatable bonds is 3. The van der Waals surface area contributed by atoms with Crippen LogP contribution < -0.4 is 4.74 Å². The Morgan fingerprint density at radius 1 is 1.21 bits per heavy atom. The SMILES string of the molecule is COc1ccc(S(=O)(=O)[C@@H]2CS(=O)(=O)C[C@H]2O)cc1. The van der Waals surface area contributed by atoms with Gasteiger partial charge in [0.25, 0.3) is 0 Å². The summed E-state index contributed by atoms with van der Waals surface area (Å²) in [6.45, 7) is 0. The summed E-state index contributed by atoms with van der Waals surface area (Å²) < 4.78 is 52.2. The number of benzene rings is 1. The summed E-state index contributed by atoms with van der Waals surface area (Å²) in [7, 11) is -5.92. The summed E-state index contributed by atoms with van der Waals surface area (Å²) in [4.78, 5) is -0.0190. The topological polar surface area (TPSA) is 97.7 Å². The van der Waals surface area contributed by atoms with Crippen molar-refractivity contribution in [3.05, 3.63) is 24.3 Å². The van der Waals surface area contributed by atoms with Crippen molar-refractivity contribution in [3.8, 4) is 5.75 Å². The first-order valence-corrected chi connectivity index (χ1v) is 8.89. The molecule has 1 saturated heterocycles. The quantitative estimate of drug-likeness (QED) is 0.818. The Hall–Kier alpha value is -1.12. The van der Waals surface area contributed by atoms with Crippen LogP contribution in [0.4, 0.5) is 0 Å². The van der Waals surface area contributed by atoms with E-state index in [0.717, 1.165) is 0 Å². The molecule has 106 valence electrons. The maximum Gasteiger partial charge on any atom is 0.184 e. The molecule has 1 aromatic rings. The van der Waals surface area contributed by atoms with Crippen LogP contribution in [0, 0.1) is 0 Å². The van der Waals surface area contributed by atoms with Crippen molar-refractivity contribution < 1.29 is 26.7 Å². The summed E-state index contributed by atoms with van der Waals surface area (Å²) in [6.07, 6.45) is -1.38. The molecule has 6 nitrogen and oxygen atoms in total. The molecule has 1 aliphatic heterocycles. The fraction of sp³-hybridized carbons (Fsp3) is 0.455. The molecule has 1 N–H and O–H groups in total. The number of methoxy groups -OCH3 is 1. The average molecular weight is 306 g/mol. The van der Waals surface area contributed by atoms with Gasteiger partial charge < -0.3 is 9.84 Å². The van der Waals surface area contributed by atoms with E-state index in [1.807, 2.05) is 0 Å². The molecule has 0 amide bonds. The van der Waals surface area contributed by atoms with Crippen LogP contribution in [0.3, 0.4) is 0 Å². The van der Waals surface area contributed by atoms with Gasteiger partial charge >= 0.3 is 0 Å². The highest BCUT2D eigenvalue weighted by Gasteiger charge is 2.45. The van der Waals surface area contributed by atoms with Crippen molar-refractivity contribution in [2.45, 2.75) is 16.2 Å². The first kappa shape index (κ1) is 14.3. The molecule has 0 bridgehead atoms. The van der Waals surface area contributed by atoms with E-state index >= 15 is 0 Å². The fourth-order valence-electron chi connectivity index (χ4n) is 2.03. The molecular formula is C11H14O6S2. The Morgan fingerprint density at radius 2 is 1.79 bits per heavy atom. The van der Waals surface area contributed by atoms with Crippen molar-refractivity contribution in [3.63, 3.8) is 0 Å². The molecule has 0 unspecified atom stereocenters. The molecule has 1 aliphatic rings.